The lowest BCUT2D eigenvalue weighted by Gasteiger charge is -2.08. The van der Waals surface area contributed by atoms with E-state index in [2.05, 4.69) is 15.3 Å². The third-order valence-electron chi connectivity index (χ3n) is 1.86. The van der Waals surface area contributed by atoms with Gasteiger partial charge < -0.3 is 5.32 Å². The highest BCUT2D eigenvalue weighted by molar-refractivity contribution is 6.34. The number of hydrogen-bond acceptors (Lipinski definition) is 3. The van der Waals surface area contributed by atoms with Crippen LogP contribution in [0.25, 0.3) is 0 Å². The van der Waals surface area contributed by atoms with E-state index in [9.17, 15) is 4.39 Å². The highest BCUT2D eigenvalue weighted by atomic mass is 35.5. The Morgan fingerprint density at radius 2 is 1.88 bits per heavy atom. The molecule has 6 heteroatoms. The van der Waals surface area contributed by atoms with Crippen LogP contribution in [0.4, 0.5) is 15.9 Å². The molecule has 2 aromatic rings. The number of hydrogen-bond donors (Lipinski definition) is 1. The summed E-state index contributed by atoms with van der Waals surface area (Å²) < 4.78 is 13.4. The Morgan fingerprint density at radius 1 is 1.12 bits per heavy atom. The summed E-state index contributed by atoms with van der Waals surface area (Å²) in [5, 5.41) is 3.10. The molecular weight excluding hydrogens is 252 g/mol. The Kier molecular flexibility index (Phi) is 3.22. The summed E-state index contributed by atoms with van der Waals surface area (Å²) in [6, 6.07) is 4.37. The van der Waals surface area contributed by atoms with E-state index in [0.29, 0.717) is 0 Å². The fourth-order valence-electron chi connectivity index (χ4n) is 1.14. The van der Waals surface area contributed by atoms with E-state index in [1.165, 1.54) is 24.5 Å². The van der Waals surface area contributed by atoms with Crippen molar-refractivity contribution in [2.24, 2.45) is 0 Å². The molecule has 0 aliphatic rings. The SMILES string of the molecule is Fc1cccc(Cl)c1Nc1nccnc1Cl. The average Bonchev–Trinajstić information content (AvgIpc) is 2.26. The quantitative estimate of drug-likeness (QED) is 0.893. The zero-order valence-electron chi connectivity index (χ0n) is 7.92. The van der Waals surface area contributed by atoms with Crippen molar-refractivity contribution in [3.05, 3.63) is 46.6 Å². The van der Waals surface area contributed by atoms with Crippen molar-refractivity contribution in [1.29, 1.82) is 0 Å². The van der Waals surface area contributed by atoms with Gasteiger partial charge >= 0.3 is 0 Å². The van der Waals surface area contributed by atoms with Crippen LogP contribution in [0.3, 0.4) is 0 Å². The molecule has 0 amide bonds. The summed E-state index contributed by atoms with van der Waals surface area (Å²) in [7, 11) is 0. The molecule has 0 aliphatic heterocycles. The van der Waals surface area contributed by atoms with Crippen molar-refractivity contribution in [1.82, 2.24) is 9.97 Å². The minimum absolute atomic E-state index is 0.131. The highest BCUT2D eigenvalue weighted by Gasteiger charge is 2.09. The van der Waals surface area contributed by atoms with Crippen molar-refractivity contribution in [3.63, 3.8) is 0 Å². The minimum Gasteiger partial charge on any atom is -0.334 e. The van der Waals surface area contributed by atoms with Crippen LogP contribution in [-0.4, -0.2) is 9.97 Å². The van der Waals surface area contributed by atoms with Gasteiger partial charge in [0.25, 0.3) is 0 Å². The van der Waals surface area contributed by atoms with E-state index in [1.54, 1.807) is 6.07 Å². The lowest BCUT2D eigenvalue weighted by molar-refractivity contribution is 0.632. The molecule has 0 aliphatic carbocycles. The predicted octanol–water partition coefficient (Wildman–Crippen LogP) is 3.67. The third-order valence-corrected chi connectivity index (χ3v) is 2.45. The number of benzene rings is 1. The van der Waals surface area contributed by atoms with Crippen molar-refractivity contribution in [2.75, 3.05) is 5.32 Å². The van der Waals surface area contributed by atoms with Crippen molar-refractivity contribution < 1.29 is 4.39 Å². The van der Waals surface area contributed by atoms with E-state index < -0.39 is 5.82 Å². The Hall–Kier alpha value is -1.39. The van der Waals surface area contributed by atoms with Gasteiger partial charge in [0.2, 0.25) is 0 Å². The Balaban J connectivity index is 2.38. The van der Waals surface area contributed by atoms with Crippen LogP contribution >= 0.6 is 23.2 Å². The molecule has 0 saturated carbocycles. The molecule has 0 fully saturated rings. The topological polar surface area (TPSA) is 37.8 Å². The maximum absolute atomic E-state index is 13.4. The zero-order valence-corrected chi connectivity index (χ0v) is 9.43. The lowest BCUT2D eigenvalue weighted by Crippen LogP contribution is -1.98. The number of nitrogens with one attached hydrogen (secondary N) is 1. The van der Waals surface area contributed by atoms with Crippen LogP contribution in [-0.2, 0) is 0 Å². The molecule has 1 aromatic heterocycles. The summed E-state index contributed by atoms with van der Waals surface area (Å²) in [5.74, 6) is -0.217. The molecular formula is C10H6Cl2FN3. The van der Waals surface area contributed by atoms with Crippen LogP contribution in [0.2, 0.25) is 10.2 Å². The standard InChI is InChI=1S/C10H6Cl2FN3/c11-6-2-1-3-7(13)8(6)16-10-9(12)14-4-5-15-10/h1-5H,(H,15,16). The molecule has 2 rings (SSSR count). The van der Waals surface area contributed by atoms with Crippen molar-refractivity contribution in [3.8, 4) is 0 Å². The minimum atomic E-state index is -0.478. The van der Waals surface area contributed by atoms with Gasteiger partial charge in [-0.15, -0.1) is 0 Å². The first-order chi connectivity index (χ1) is 7.68. The highest BCUT2D eigenvalue weighted by Crippen LogP contribution is 2.29. The Morgan fingerprint density at radius 3 is 2.56 bits per heavy atom. The first-order valence-electron chi connectivity index (χ1n) is 4.36. The van der Waals surface area contributed by atoms with E-state index >= 15 is 0 Å². The fourth-order valence-corrected chi connectivity index (χ4v) is 1.50. The first kappa shape index (κ1) is 11.1. The molecule has 1 N–H and O–H groups in total. The van der Waals surface area contributed by atoms with Crippen LogP contribution < -0.4 is 5.32 Å². The second-order valence-corrected chi connectivity index (χ2v) is 3.68. The van der Waals surface area contributed by atoms with E-state index in [4.69, 9.17) is 23.2 Å². The summed E-state index contributed by atoms with van der Waals surface area (Å²) >= 11 is 11.6. The summed E-state index contributed by atoms with van der Waals surface area (Å²) in [4.78, 5) is 7.73. The smallest absolute Gasteiger partial charge is 0.171 e. The fraction of sp³-hybridized carbons (Fsp3) is 0. The van der Waals surface area contributed by atoms with E-state index in [0.717, 1.165) is 0 Å². The second kappa shape index (κ2) is 4.63. The van der Waals surface area contributed by atoms with Crippen molar-refractivity contribution >= 4 is 34.7 Å². The number of aromatic nitrogens is 2. The van der Waals surface area contributed by atoms with Crippen LogP contribution in [0, 0.1) is 5.82 Å². The summed E-state index contributed by atoms with van der Waals surface area (Å²) in [6.45, 7) is 0. The Labute approximate surface area is 101 Å². The monoisotopic (exact) mass is 257 g/mol. The molecule has 82 valence electrons. The largest absolute Gasteiger partial charge is 0.334 e. The maximum atomic E-state index is 13.4. The number of halogens is 3. The number of anilines is 2. The van der Waals surface area contributed by atoms with Gasteiger partial charge in [-0.2, -0.15) is 0 Å². The second-order valence-electron chi connectivity index (χ2n) is 2.92. The maximum Gasteiger partial charge on any atom is 0.171 e. The zero-order chi connectivity index (χ0) is 11.5. The van der Waals surface area contributed by atoms with Gasteiger partial charge in [0, 0.05) is 12.4 Å². The van der Waals surface area contributed by atoms with Gasteiger partial charge in [0.05, 0.1) is 10.7 Å². The molecule has 1 aromatic carbocycles. The van der Waals surface area contributed by atoms with Gasteiger partial charge in [-0.3, -0.25) is 0 Å². The number of para-hydroxylation sites is 1. The molecule has 0 unspecified atom stereocenters. The summed E-state index contributed by atoms with van der Waals surface area (Å²) in [5.41, 5.74) is 0.131. The normalized spacial score (nSPS) is 10.2. The van der Waals surface area contributed by atoms with E-state index in [-0.39, 0.29) is 21.7 Å². The van der Waals surface area contributed by atoms with Gasteiger partial charge in [-0.1, -0.05) is 29.3 Å². The van der Waals surface area contributed by atoms with Gasteiger partial charge in [-0.05, 0) is 12.1 Å². The molecule has 0 radical (unpaired) electrons. The Bertz CT molecular complexity index is 499. The van der Waals surface area contributed by atoms with Crippen LogP contribution in [0.1, 0.15) is 0 Å². The molecule has 1 heterocycles. The van der Waals surface area contributed by atoms with Crippen LogP contribution in [0.5, 0.6) is 0 Å². The third kappa shape index (κ3) is 2.23. The lowest BCUT2D eigenvalue weighted by atomic mass is 10.3. The molecule has 0 saturated heterocycles. The average molecular weight is 258 g/mol. The van der Waals surface area contributed by atoms with Gasteiger partial charge in [0.15, 0.2) is 11.0 Å². The summed E-state index contributed by atoms with van der Waals surface area (Å²) in [6.07, 6.45) is 2.89. The molecule has 0 spiro atoms. The van der Waals surface area contributed by atoms with Gasteiger partial charge in [-0.25, -0.2) is 14.4 Å². The molecule has 3 nitrogen and oxygen atoms in total. The van der Waals surface area contributed by atoms with E-state index in [1.807, 2.05) is 0 Å². The van der Waals surface area contributed by atoms with Crippen molar-refractivity contribution in [2.45, 2.75) is 0 Å². The van der Waals surface area contributed by atoms with Gasteiger partial charge in [0.1, 0.15) is 5.82 Å². The number of rotatable bonds is 2. The molecule has 0 atom stereocenters. The molecule has 0 bridgehead atoms. The predicted molar refractivity (Wildman–Crippen MR) is 61.7 cm³/mol. The molecule has 16 heavy (non-hydrogen) atoms. The van der Waals surface area contributed by atoms with Crippen LogP contribution in [0.15, 0.2) is 30.6 Å². The number of nitrogens with zero attached hydrogens (tertiary/aromatic N) is 2. The first-order valence-corrected chi connectivity index (χ1v) is 5.11.